The van der Waals surface area contributed by atoms with Gasteiger partial charge in [-0.3, -0.25) is 4.79 Å². The Hall–Kier alpha value is -1.85. The minimum atomic E-state index is -0.0753. The van der Waals surface area contributed by atoms with Crippen LogP contribution < -0.4 is 5.32 Å². The predicted molar refractivity (Wildman–Crippen MR) is 77.6 cm³/mol. The summed E-state index contributed by atoms with van der Waals surface area (Å²) in [5.41, 5.74) is 2.10. The normalized spacial score (nSPS) is 10.9. The Balaban J connectivity index is 2.22. The Kier molecular flexibility index (Phi) is 5.15. The summed E-state index contributed by atoms with van der Waals surface area (Å²) < 4.78 is 7.21. The number of carbonyl (C=O) groups is 1. The number of para-hydroxylation sites is 1. The molecule has 108 valence electrons. The van der Waals surface area contributed by atoms with Gasteiger partial charge in [-0.2, -0.15) is 0 Å². The first-order chi connectivity index (χ1) is 9.76. The van der Waals surface area contributed by atoms with Crippen molar-refractivity contribution in [3.05, 3.63) is 36.0 Å². The fourth-order valence-corrected chi connectivity index (χ4v) is 2.27. The highest BCUT2D eigenvalue weighted by Gasteiger charge is 2.11. The lowest BCUT2D eigenvalue weighted by Gasteiger charge is -2.03. The molecule has 0 unspecified atom stereocenters. The van der Waals surface area contributed by atoms with Crippen LogP contribution in [0.15, 0.2) is 30.5 Å². The number of benzene rings is 1. The van der Waals surface area contributed by atoms with E-state index in [0.717, 1.165) is 23.0 Å². The monoisotopic (exact) mass is 276 g/mol. The molecule has 0 radical (unpaired) electrons. The highest BCUT2D eigenvalue weighted by atomic mass is 16.5. The van der Waals surface area contributed by atoms with Crippen LogP contribution >= 0.6 is 0 Å². The number of hydrogen-bond donors (Lipinski definition) is 2. The van der Waals surface area contributed by atoms with Gasteiger partial charge in [0.05, 0.1) is 19.6 Å². The molecule has 1 heterocycles. The van der Waals surface area contributed by atoms with Gasteiger partial charge in [-0.25, -0.2) is 0 Å². The average Bonchev–Trinajstić information content (AvgIpc) is 2.81. The van der Waals surface area contributed by atoms with Crippen LogP contribution in [-0.4, -0.2) is 42.4 Å². The quantitative estimate of drug-likeness (QED) is 0.791. The van der Waals surface area contributed by atoms with Crippen LogP contribution in [0.1, 0.15) is 5.56 Å². The number of carbonyl (C=O) groups excluding carboxylic acids is 1. The third-order valence-electron chi connectivity index (χ3n) is 3.19. The van der Waals surface area contributed by atoms with Gasteiger partial charge < -0.3 is 19.7 Å². The summed E-state index contributed by atoms with van der Waals surface area (Å²) in [6.07, 6.45) is 2.32. The van der Waals surface area contributed by atoms with Gasteiger partial charge in [-0.1, -0.05) is 18.2 Å². The number of methoxy groups -OCH3 is 1. The second-order valence-corrected chi connectivity index (χ2v) is 4.61. The first-order valence-corrected chi connectivity index (χ1v) is 6.69. The molecule has 2 rings (SSSR count). The number of aliphatic hydroxyl groups is 1. The summed E-state index contributed by atoms with van der Waals surface area (Å²) in [5, 5.41) is 12.5. The van der Waals surface area contributed by atoms with Crippen molar-refractivity contribution in [3.63, 3.8) is 0 Å². The highest BCUT2D eigenvalue weighted by Crippen LogP contribution is 2.21. The third kappa shape index (κ3) is 3.37. The molecule has 5 heteroatoms. The molecule has 0 saturated carbocycles. The molecular weight excluding hydrogens is 256 g/mol. The van der Waals surface area contributed by atoms with E-state index < -0.39 is 0 Å². The number of nitrogens with zero attached hydrogens (tertiary/aromatic N) is 1. The summed E-state index contributed by atoms with van der Waals surface area (Å²) >= 11 is 0. The fraction of sp³-hybridized carbons (Fsp3) is 0.400. The summed E-state index contributed by atoms with van der Waals surface area (Å²) in [5.74, 6) is -0.0753. The van der Waals surface area contributed by atoms with Gasteiger partial charge in [0.25, 0.3) is 0 Å². The molecule has 5 nitrogen and oxygen atoms in total. The number of ether oxygens (including phenoxy) is 1. The van der Waals surface area contributed by atoms with E-state index in [-0.39, 0.29) is 12.5 Å². The van der Waals surface area contributed by atoms with Crippen molar-refractivity contribution >= 4 is 16.8 Å². The van der Waals surface area contributed by atoms with Gasteiger partial charge in [0.1, 0.15) is 0 Å². The van der Waals surface area contributed by atoms with Crippen molar-refractivity contribution < 1.29 is 14.6 Å². The highest BCUT2D eigenvalue weighted by molar-refractivity contribution is 5.89. The molecule has 0 aliphatic carbocycles. The fourth-order valence-electron chi connectivity index (χ4n) is 2.27. The Morgan fingerprint density at radius 3 is 2.95 bits per heavy atom. The molecule has 2 N–H and O–H groups in total. The number of aliphatic hydroxyl groups excluding tert-OH is 1. The van der Waals surface area contributed by atoms with E-state index in [0.29, 0.717) is 19.6 Å². The Labute approximate surface area is 118 Å². The summed E-state index contributed by atoms with van der Waals surface area (Å²) in [6.45, 7) is 1.65. The summed E-state index contributed by atoms with van der Waals surface area (Å²) in [7, 11) is 1.68. The van der Waals surface area contributed by atoms with Gasteiger partial charge in [0.15, 0.2) is 0 Å². The zero-order valence-corrected chi connectivity index (χ0v) is 11.6. The van der Waals surface area contributed by atoms with Crippen molar-refractivity contribution in [1.29, 1.82) is 0 Å². The minimum absolute atomic E-state index is 0.0403. The van der Waals surface area contributed by atoms with E-state index in [9.17, 15) is 4.79 Å². The number of nitrogens with one attached hydrogen (secondary N) is 1. The molecule has 1 amide bonds. The smallest absolute Gasteiger partial charge is 0.224 e. The van der Waals surface area contributed by atoms with Crippen LogP contribution in [0.25, 0.3) is 10.9 Å². The summed E-state index contributed by atoms with van der Waals surface area (Å²) in [6, 6.07) is 8.02. The van der Waals surface area contributed by atoms with Crippen molar-refractivity contribution in [2.45, 2.75) is 13.0 Å². The first-order valence-electron chi connectivity index (χ1n) is 6.69. The molecule has 2 aromatic rings. The lowest BCUT2D eigenvalue weighted by Crippen LogP contribution is -2.27. The van der Waals surface area contributed by atoms with Crippen LogP contribution in [0.2, 0.25) is 0 Å². The maximum absolute atomic E-state index is 11.8. The second-order valence-electron chi connectivity index (χ2n) is 4.61. The number of rotatable bonds is 7. The number of fused-ring (bicyclic) bond motifs is 1. The van der Waals surface area contributed by atoms with E-state index in [2.05, 4.69) is 9.88 Å². The van der Waals surface area contributed by atoms with Gasteiger partial charge >= 0.3 is 0 Å². The van der Waals surface area contributed by atoms with Crippen LogP contribution in [0, 0.1) is 0 Å². The van der Waals surface area contributed by atoms with Gasteiger partial charge in [0.2, 0.25) is 5.91 Å². The average molecular weight is 276 g/mol. The van der Waals surface area contributed by atoms with Gasteiger partial charge in [-0.15, -0.1) is 0 Å². The topological polar surface area (TPSA) is 63.5 Å². The molecule has 1 aromatic heterocycles. The van der Waals surface area contributed by atoms with Crippen molar-refractivity contribution in [2.75, 3.05) is 26.9 Å². The molecule has 0 aliphatic heterocycles. The number of amides is 1. The van der Waals surface area contributed by atoms with E-state index in [1.807, 2.05) is 30.5 Å². The molecule has 20 heavy (non-hydrogen) atoms. The number of aromatic nitrogens is 1. The Morgan fingerprint density at radius 1 is 1.40 bits per heavy atom. The number of hydrogen-bond acceptors (Lipinski definition) is 3. The van der Waals surface area contributed by atoms with Crippen molar-refractivity contribution in [1.82, 2.24) is 9.88 Å². The van der Waals surface area contributed by atoms with E-state index in [4.69, 9.17) is 9.84 Å². The largest absolute Gasteiger partial charge is 0.395 e. The van der Waals surface area contributed by atoms with Gasteiger partial charge in [0, 0.05) is 37.3 Å². The molecular formula is C15H20N2O3. The second kappa shape index (κ2) is 7.07. The molecule has 0 bridgehead atoms. The Morgan fingerprint density at radius 2 is 2.20 bits per heavy atom. The van der Waals surface area contributed by atoms with Crippen LogP contribution in [0.3, 0.4) is 0 Å². The maximum atomic E-state index is 11.8. The van der Waals surface area contributed by atoms with Crippen LogP contribution in [0.4, 0.5) is 0 Å². The molecule has 0 saturated heterocycles. The molecule has 0 fully saturated rings. The standard InChI is InChI=1S/C15H20N2O3/c1-20-9-7-17-11-12(10-15(19)16-6-8-18)13-4-2-3-5-14(13)17/h2-5,11,18H,6-10H2,1H3,(H,16,19). The van der Waals surface area contributed by atoms with Crippen LogP contribution in [-0.2, 0) is 22.5 Å². The van der Waals surface area contributed by atoms with Crippen molar-refractivity contribution in [3.8, 4) is 0 Å². The molecule has 0 aliphatic rings. The summed E-state index contributed by atoms with van der Waals surface area (Å²) in [4.78, 5) is 11.8. The van der Waals surface area contributed by atoms with E-state index >= 15 is 0 Å². The van der Waals surface area contributed by atoms with E-state index in [1.165, 1.54) is 0 Å². The molecule has 0 atom stereocenters. The minimum Gasteiger partial charge on any atom is -0.395 e. The third-order valence-corrected chi connectivity index (χ3v) is 3.19. The first kappa shape index (κ1) is 14.6. The Bertz CT molecular complexity index is 578. The van der Waals surface area contributed by atoms with Crippen LogP contribution in [0.5, 0.6) is 0 Å². The zero-order valence-electron chi connectivity index (χ0n) is 11.6. The van der Waals surface area contributed by atoms with Crippen molar-refractivity contribution in [2.24, 2.45) is 0 Å². The molecule has 1 aromatic carbocycles. The van der Waals surface area contributed by atoms with E-state index in [1.54, 1.807) is 7.11 Å². The lowest BCUT2D eigenvalue weighted by atomic mass is 10.1. The SMILES string of the molecule is COCCn1cc(CC(=O)NCCO)c2ccccc21. The predicted octanol–water partition coefficient (Wildman–Crippen LogP) is 0.939. The molecule has 0 spiro atoms. The zero-order chi connectivity index (χ0) is 14.4. The lowest BCUT2D eigenvalue weighted by molar-refractivity contribution is -0.120. The maximum Gasteiger partial charge on any atom is 0.224 e. The van der Waals surface area contributed by atoms with Gasteiger partial charge in [-0.05, 0) is 11.6 Å².